The summed E-state index contributed by atoms with van der Waals surface area (Å²) in [6, 6.07) is 8.48. The average molecular weight is 338 g/mol. The normalized spacial score (nSPS) is 20.8. The van der Waals surface area contributed by atoms with Gasteiger partial charge in [0.1, 0.15) is 5.60 Å². The minimum absolute atomic E-state index is 0.258. The van der Waals surface area contributed by atoms with E-state index in [0.29, 0.717) is 0 Å². The van der Waals surface area contributed by atoms with Gasteiger partial charge >= 0.3 is 6.09 Å². The molecule has 0 bridgehead atoms. The van der Waals surface area contributed by atoms with Gasteiger partial charge < -0.3 is 4.74 Å². The lowest BCUT2D eigenvalue weighted by Gasteiger charge is -2.39. The first-order chi connectivity index (χ1) is 11.8. The summed E-state index contributed by atoms with van der Waals surface area (Å²) < 4.78 is 7.59. The molecule has 0 saturated heterocycles. The van der Waals surface area contributed by atoms with E-state index in [9.17, 15) is 4.79 Å². The number of carbonyl (C=O) groups excluding carboxylic acids is 1. The molecule has 0 fully saturated rings. The fourth-order valence-corrected chi connectivity index (χ4v) is 4.13. The summed E-state index contributed by atoms with van der Waals surface area (Å²) in [5.41, 5.74) is 4.31. The number of nitrogens with zero attached hydrogens (tertiary/aromatic N) is 2. The molecule has 0 N–H and O–H groups in total. The van der Waals surface area contributed by atoms with Crippen molar-refractivity contribution in [2.45, 2.75) is 52.2 Å². The van der Waals surface area contributed by atoms with E-state index in [1.54, 1.807) is 0 Å². The van der Waals surface area contributed by atoms with Crippen LogP contribution in [-0.4, -0.2) is 34.3 Å². The number of fused-ring (bicyclic) bond motifs is 5. The Morgan fingerprint density at radius 3 is 2.76 bits per heavy atom. The summed E-state index contributed by atoms with van der Waals surface area (Å²) in [4.78, 5) is 15.6. The number of aromatic nitrogens is 1. The standard InChI is InChI=1S/C21H26N2O2/c1-14-9-11-22-12-10-16-15-7-5-6-8-17(15)23(19(16)18(22)13-14)20(24)25-21(2,3)4/h5-9,18H,10-13H2,1-4H3. The maximum atomic E-state index is 13.1. The van der Waals surface area contributed by atoms with Gasteiger partial charge in [0.25, 0.3) is 0 Å². The van der Waals surface area contributed by atoms with Crippen molar-refractivity contribution in [3.8, 4) is 0 Å². The average Bonchev–Trinajstić information content (AvgIpc) is 2.88. The number of benzene rings is 1. The molecule has 4 nitrogen and oxygen atoms in total. The number of carbonyl (C=O) groups is 1. The predicted octanol–water partition coefficient (Wildman–Crippen LogP) is 4.67. The fraction of sp³-hybridized carbons (Fsp3) is 0.476. The van der Waals surface area contributed by atoms with Gasteiger partial charge in [0.15, 0.2) is 0 Å². The van der Waals surface area contributed by atoms with Gasteiger partial charge in [0, 0.05) is 18.5 Å². The molecule has 2 aliphatic rings. The molecule has 1 atom stereocenters. The highest BCUT2D eigenvalue weighted by molar-refractivity contribution is 5.94. The van der Waals surface area contributed by atoms with Gasteiger partial charge in [-0.25, -0.2) is 9.36 Å². The van der Waals surface area contributed by atoms with E-state index in [4.69, 9.17) is 4.74 Å². The molecule has 1 unspecified atom stereocenters. The van der Waals surface area contributed by atoms with Gasteiger partial charge in [0.2, 0.25) is 0 Å². The van der Waals surface area contributed by atoms with Crippen LogP contribution < -0.4 is 0 Å². The van der Waals surface area contributed by atoms with Crippen LogP contribution in [0.3, 0.4) is 0 Å². The lowest BCUT2D eigenvalue weighted by Crippen LogP contribution is -2.40. The Hall–Kier alpha value is -2.07. The molecule has 0 aliphatic carbocycles. The molecule has 0 spiro atoms. The van der Waals surface area contributed by atoms with Gasteiger partial charge in [-0.1, -0.05) is 29.8 Å². The largest absolute Gasteiger partial charge is 0.443 e. The maximum absolute atomic E-state index is 13.1. The molecule has 25 heavy (non-hydrogen) atoms. The molecule has 2 aromatic rings. The molecule has 0 radical (unpaired) electrons. The highest BCUT2D eigenvalue weighted by atomic mass is 16.6. The Labute approximate surface area is 149 Å². The molecule has 0 amide bonds. The zero-order valence-electron chi connectivity index (χ0n) is 15.5. The number of rotatable bonds is 0. The van der Waals surface area contributed by atoms with Crippen LogP contribution >= 0.6 is 0 Å². The summed E-state index contributed by atoms with van der Waals surface area (Å²) >= 11 is 0. The van der Waals surface area contributed by atoms with Crippen molar-refractivity contribution in [1.29, 1.82) is 0 Å². The summed E-state index contributed by atoms with van der Waals surface area (Å²) in [6.45, 7) is 9.95. The molecule has 132 valence electrons. The topological polar surface area (TPSA) is 34.5 Å². The molecule has 3 heterocycles. The second-order valence-corrected chi connectivity index (χ2v) is 8.21. The minimum atomic E-state index is -0.508. The number of hydrogen-bond acceptors (Lipinski definition) is 3. The van der Waals surface area contributed by atoms with E-state index >= 15 is 0 Å². The van der Waals surface area contributed by atoms with E-state index in [2.05, 4.69) is 30.0 Å². The zero-order chi connectivity index (χ0) is 17.8. The molecular weight excluding hydrogens is 312 g/mol. The van der Waals surface area contributed by atoms with Crippen LogP contribution in [0.2, 0.25) is 0 Å². The third-order valence-corrected chi connectivity index (χ3v) is 5.19. The summed E-state index contributed by atoms with van der Waals surface area (Å²) in [5.74, 6) is 0. The van der Waals surface area contributed by atoms with E-state index in [-0.39, 0.29) is 12.1 Å². The van der Waals surface area contributed by atoms with Crippen LogP contribution in [0.25, 0.3) is 10.9 Å². The monoisotopic (exact) mass is 338 g/mol. The third kappa shape index (κ3) is 2.78. The summed E-state index contributed by atoms with van der Waals surface area (Å²) in [5, 5.41) is 1.19. The molecule has 4 heteroatoms. The Kier molecular flexibility index (Phi) is 3.76. The van der Waals surface area contributed by atoms with Crippen LogP contribution in [0.5, 0.6) is 0 Å². The van der Waals surface area contributed by atoms with Gasteiger partial charge in [-0.05, 0) is 52.2 Å². The quantitative estimate of drug-likeness (QED) is 0.655. The Balaban J connectivity index is 1.92. The smallest absolute Gasteiger partial charge is 0.419 e. The van der Waals surface area contributed by atoms with Gasteiger partial charge in [0.05, 0.1) is 17.3 Å². The van der Waals surface area contributed by atoms with Crippen LogP contribution in [-0.2, 0) is 11.2 Å². The van der Waals surface area contributed by atoms with Gasteiger partial charge in [-0.2, -0.15) is 0 Å². The molecule has 2 aliphatic heterocycles. The Bertz CT molecular complexity index is 870. The maximum Gasteiger partial charge on any atom is 0.419 e. The Morgan fingerprint density at radius 1 is 1.24 bits per heavy atom. The SMILES string of the molecule is CC1=CCN2CCc3c(n(C(=O)OC(C)(C)C)c4ccccc34)C2C1. The number of para-hydroxylation sites is 1. The van der Waals surface area contributed by atoms with Crippen molar-refractivity contribution >= 4 is 17.0 Å². The van der Waals surface area contributed by atoms with Crippen LogP contribution in [0.15, 0.2) is 35.9 Å². The van der Waals surface area contributed by atoms with Crippen molar-refractivity contribution in [1.82, 2.24) is 9.47 Å². The summed E-state index contributed by atoms with van der Waals surface area (Å²) in [6.07, 6.45) is 4.00. The van der Waals surface area contributed by atoms with E-state index < -0.39 is 5.60 Å². The molecular formula is C21H26N2O2. The van der Waals surface area contributed by atoms with Crippen molar-refractivity contribution in [3.63, 3.8) is 0 Å². The zero-order valence-corrected chi connectivity index (χ0v) is 15.5. The predicted molar refractivity (Wildman–Crippen MR) is 100.0 cm³/mol. The van der Waals surface area contributed by atoms with Gasteiger partial charge in [-0.3, -0.25) is 4.90 Å². The van der Waals surface area contributed by atoms with Gasteiger partial charge in [-0.15, -0.1) is 0 Å². The van der Waals surface area contributed by atoms with Crippen molar-refractivity contribution in [2.75, 3.05) is 13.1 Å². The Morgan fingerprint density at radius 2 is 2.00 bits per heavy atom. The highest BCUT2D eigenvalue weighted by Gasteiger charge is 2.36. The van der Waals surface area contributed by atoms with E-state index in [1.165, 1.54) is 16.5 Å². The molecule has 4 rings (SSSR count). The number of hydrogen-bond donors (Lipinski definition) is 0. The first-order valence-electron chi connectivity index (χ1n) is 9.10. The summed E-state index contributed by atoms with van der Waals surface area (Å²) in [7, 11) is 0. The lowest BCUT2D eigenvalue weighted by molar-refractivity contribution is 0.0526. The first-order valence-corrected chi connectivity index (χ1v) is 9.10. The van der Waals surface area contributed by atoms with E-state index in [0.717, 1.165) is 37.1 Å². The van der Waals surface area contributed by atoms with Crippen molar-refractivity contribution in [2.24, 2.45) is 0 Å². The molecule has 1 aromatic heterocycles. The minimum Gasteiger partial charge on any atom is -0.443 e. The molecule has 0 saturated carbocycles. The second kappa shape index (κ2) is 5.73. The van der Waals surface area contributed by atoms with Crippen molar-refractivity contribution in [3.05, 3.63) is 47.2 Å². The second-order valence-electron chi connectivity index (χ2n) is 8.21. The van der Waals surface area contributed by atoms with Crippen LogP contribution in [0, 0.1) is 0 Å². The number of ether oxygens (including phenoxy) is 1. The van der Waals surface area contributed by atoms with Crippen LogP contribution in [0.4, 0.5) is 4.79 Å². The first kappa shape index (κ1) is 16.4. The van der Waals surface area contributed by atoms with E-state index in [1.807, 2.05) is 37.5 Å². The lowest BCUT2D eigenvalue weighted by atomic mass is 9.90. The highest BCUT2D eigenvalue weighted by Crippen LogP contribution is 2.41. The van der Waals surface area contributed by atoms with Crippen LogP contribution in [0.1, 0.15) is 51.4 Å². The fourth-order valence-electron chi connectivity index (χ4n) is 4.13. The van der Waals surface area contributed by atoms with Crippen molar-refractivity contribution < 1.29 is 9.53 Å². The molecule has 1 aromatic carbocycles. The third-order valence-electron chi connectivity index (χ3n) is 5.19.